The molecule has 1 aliphatic rings. The number of phenols is 1. The van der Waals surface area contributed by atoms with Crippen molar-refractivity contribution in [3.63, 3.8) is 0 Å². The first kappa shape index (κ1) is 13.7. The van der Waals surface area contributed by atoms with E-state index >= 15 is 0 Å². The second-order valence-corrected chi connectivity index (χ2v) is 7.38. The van der Waals surface area contributed by atoms with E-state index in [2.05, 4.69) is 58.3 Å². The molecule has 0 radical (unpaired) electrons. The third-order valence-corrected chi connectivity index (χ3v) is 5.20. The summed E-state index contributed by atoms with van der Waals surface area (Å²) in [5.41, 5.74) is 4.68. The first-order valence-electron chi connectivity index (χ1n) is 7.33. The maximum atomic E-state index is 9.64. The molecule has 2 aromatic carbocycles. The van der Waals surface area contributed by atoms with Crippen LogP contribution in [0.5, 0.6) is 5.75 Å². The minimum absolute atomic E-state index is 0.0217. The molecule has 112 valence electrons. The maximum Gasteiger partial charge on any atom is 0.117 e. The largest absolute Gasteiger partial charge is 0.508 e. The lowest BCUT2D eigenvalue weighted by molar-refractivity contribution is 0.475. The summed E-state index contributed by atoms with van der Waals surface area (Å²) >= 11 is 3.57. The Bertz CT molecular complexity index is 882. The van der Waals surface area contributed by atoms with Crippen LogP contribution in [-0.4, -0.2) is 10.1 Å². The number of fused-ring (bicyclic) bond motifs is 2. The number of benzene rings is 2. The summed E-state index contributed by atoms with van der Waals surface area (Å²) in [6.07, 6.45) is 2.05. The van der Waals surface area contributed by atoms with Crippen molar-refractivity contribution in [1.29, 1.82) is 0 Å². The molecule has 1 aliphatic heterocycles. The number of aromatic amines is 1. The molecule has 0 fully saturated rings. The van der Waals surface area contributed by atoms with E-state index in [0.29, 0.717) is 0 Å². The topological polar surface area (TPSA) is 48.0 Å². The SMILES string of the molecule is CC1(C)c2cc(Br)ccc2NC1c1c[nH]c2cc(O)ccc12. The number of rotatable bonds is 1. The van der Waals surface area contributed by atoms with E-state index in [9.17, 15) is 5.11 Å². The summed E-state index contributed by atoms with van der Waals surface area (Å²) in [5, 5.41) is 14.4. The molecule has 3 N–H and O–H groups in total. The number of phenolic OH excluding ortho intramolecular Hbond substituents is 1. The zero-order valence-electron chi connectivity index (χ0n) is 12.4. The zero-order chi connectivity index (χ0) is 15.5. The Labute approximate surface area is 137 Å². The number of H-pyrrole nitrogens is 1. The Balaban J connectivity index is 1.86. The summed E-state index contributed by atoms with van der Waals surface area (Å²) in [6.45, 7) is 4.53. The van der Waals surface area contributed by atoms with Crippen molar-refractivity contribution >= 4 is 32.5 Å². The van der Waals surface area contributed by atoms with E-state index in [-0.39, 0.29) is 17.2 Å². The number of hydrogen-bond donors (Lipinski definition) is 3. The molecular weight excluding hydrogens is 340 g/mol. The van der Waals surface area contributed by atoms with Crippen molar-refractivity contribution in [2.24, 2.45) is 0 Å². The molecule has 1 aromatic heterocycles. The van der Waals surface area contributed by atoms with Crippen LogP contribution in [0.1, 0.15) is 31.0 Å². The van der Waals surface area contributed by atoms with E-state index < -0.39 is 0 Å². The first-order valence-corrected chi connectivity index (χ1v) is 8.13. The zero-order valence-corrected chi connectivity index (χ0v) is 14.0. The van der Waals surface area contributed by atoms with Crippen molar-refractivity contribution in [2.75, 3.05) is 5.32 Å². The number of halogens is 1. The highest BCUT2D eigenvalue weighted by Crippen LogP contribution is 2.50. The molecule has 0 saturated carbocycles. The monoisotopic (exact) mass is 356 g/mol. The van der Waals surface area contributed by atoms with Crippen LogP contribution < -0.4 is 5.32 Å². The number of anilines is 1. The third-order valence-electron chi connectivity index (χ3n) is 4.71. The highest BCUT2D eigenvalue weighted by Gasteiger charge is 2.41. The molecule has 4 rings (SSSR count). The Morgan fingerprint density at radius 1 is 1.14 bits per heavy atom. The van der Waals surface area contributed by atoms with E-state index in [1.54, 1.807) is 12.1 Å². The molecule has 0 bridgehead atoms. The van der Waals surface area contributed by atoms with Crippen LogP contribution in [-0.2, 0) is 5.41 Å². The molecular formula is C18H17BrN2O. The Morgan fingerprint density at radius 3 is 2.77 bits per heavy atom. The normalized spacial score (nSPS) is 19.1. The van der Waals surface area contributed by atoms with Gasteiger partial charge in [-0.3, -0.25) is 0 Å². The van der Waals surface area contributed by atoms with E-state index in [1.807, 2.05) is 12.3 Å². The van der Waals surface area contributed by atoms with Crippen molar-refractivity contribution in [1.82, 2.24) is 4.98 Å². The molecule has 4 heteroatoms. The molecule has 1 atom stereocenters. The second-order valence-electron chi connectivity index (χ2n) is 6.46. The molecule has 0 amide bonds. The quantitative estimate of drug-likeness (QED) is 0.569. The van der Waals surface area contributed by atoms with Crippen molar-refractivity contribution in [2.45, 2.75) is 25.3 Å². The number of hydrogen-bond acceptors (Lipinski definition) is 2. The number of aromatic hydroxyl groups is 1. The summed E-state index contributed by atoms with van der Waals surface area (Å²) in [5.74, 6) is 0.284. The van der Waals surface area contributed by atoms with Gasteiger partial charge in [-0.25, -0.2) is 0 Å². The molecule has 3 aromatic rings. The van der Waals surface area contributed by atoms with Crippen LogP contribution in [0.3, 0.4) is 0 Å². The Hall–Kier alpha value is -1.94. The van der Waals surface area contributed by atoms with Crippen LogP contribution in [0.2, 0.25) is 0 Å². The van der Waals surface area contributed by atoms with Gasteiger partial charge in [0, 0.05) is 44.3 Å². The van der Waals surface area contributed by atoms with Gasteiger partial charge in [0.25, 0.3) is 0 Å². The van der Waals surface area contributed by atoms with Gasteiger partial charge in [0.2, 0.25) is 0 Å². The molecule has 0 saturated heterocycles. The molecule has 22 heavy (non-hydrogen) atoms. The van der Waals surface area contributed by atoms with Crippen molar-refractivity contribution < 1.29 is 5.11 Å². The van der Waals surface area contributed by atoms with Crippen LogP contribution in [0.4, 0.5) is 5.69 Å². The fourth-order valence-corrected chi connectivity index (χ4v) is 3.87. The molecule has 0 spiro atoms. The molecule has 3 nitrogen and oxygen atoms in total. The lowest BCUT2D eigenvalue weighted by Gasteiger charge is -2.27. The summed E-state index contributed by atoms with van der Waals surface area (Å²) in [6, 6.07) is 12.1. The average Bonchev–Trinajstić information content (AvgIpc) is 2.98. The van der Waals surface area contributed by atoms with Crippen molar-refractivity contribution in [3.05, 3.63) is 58.2 Å². The lowest BCUT2D eigenvalue weighted by Crippen LogP contribution is -2.25. The molecule has 0 aliphatic carbocycles. The van der Waals surface area contributed by atoms with Crippen LogP contribution >= 0.6 is 15.9 Å². The fraction of sp³-hybridized carbons (Fsp3) is 0.222. The van der Waals surface area contributed by atoms with E-state index in [1.165, 1.54) is 16.8 Å². The minimum atomic E-state index is -0.0217. The van der Waals surface area contributed by atoms with Gasteiger partial charge in [-0.05, 0) is 35.9 Å². The van der Waals surface area contributed by atoms with Gasteiger partial charge in [0.05, 0.1) is 6.04 Å². The highest BCUT2D eigenvalue weighted by molar-refractivity contribution is 9.10. The van der Waals surface area contributed by atoms with Gasteiger partial charge in [0.1, 0.15) is 5.75 Å². The van der Waals surface area contributed by atoms with Crippen LogP contribution in [0.25, 0.3) is 10.9 Å². The van der Waals surface area contributed by atoms with Gasteiger partial charge >= 0.3 is 0 Å². The van der Waals surface area contributed by atoms with E-state index in [0.717, 1.165) is 15.4 Å². The van der Waals surface area contributed by atoms with Gasteiger partial charge in [-0.2, -0.15) is 0 Å². The van der Waals surface area contributed by atoms with Gasteiger partial charge < -0.3 is 15.4 Å². The summed E-state index contributed by atoms with van der Waals surface area (Å²) in [7, 11) is 0. The van der Waals surface area contributed by atoms with Gasteiger partial charge in [0.15, 0.2) is 0 Å². The highest BCUT2D eigenvalue weighted by atomic mass is 79.9. The third kappa shape index (κ3) is 1.87. The smallest absolute Gasteiger partial charge is 0.117 e. The predicted octanol–water partition coefficient (Wildman–Crippen LogP) is 5.08. The Kier molecular flexibility index (Phi) is 2.82. The van der Waals surface area contributed by atoms with Gasteiger partial charge in [-0.15, -0.1) is 0 Å². The number of aromatic nitrogens is 1. The van der Waals surface area contributed by atoms with Crippen LogP contribution in [0, 0.1) is 0 Å². The standard InChI is InChI=1S/C18H17BrN2O/c1-18(2)14-7-10(19)3-6-15(14)21-17(18)13-9-20-16-8-11(22)4-5-12(13)16/h3-9,17,20-22H,1-2H3. The van der Waals surface area contributed by atoms with Crippen LogP contribution in [0.15, 0.2) is 47.1 Å². The summed E-state index contributed by atoms with van der Waals surface area (Å²) in [4.78, 5) is 3.27. The summed E-state index contributed by atoms with van der Waals surface area (Å²) < 4.78 is 1.10. The minimum Gasteiger partial charge on any atom is -0.508 e. The van der Waals surface area contributed by atoms with Gasteiger partial charge in [-0.1, -0.05) is 29.8 Å². The lowest BCUT2D eigenvalue weighted by atomic mass is 9.78. The fourth-order valence-electron chi connectivity index (χ4n) is 3.51. The average molecular weight is 357 g/mol. The Morgan fingerprint density at radius 2 is 1.95 bits per heavy atom. The van der Waals surface area contributed by atoms with Crippen molar-refractivity contribution in [3.8, 4) is 5.75 Å². The molecule has 1 unspecified atom stereocenters. The second kappa shape index (κ2) is 4.53. The number of nitrogens with one attached hydrogen (secondary N) is 2. The first-order chi connectivity index (χ1) is 10.5. The molecule has 2 heterocycles. The maximum absolute atomic E-state index is 9.64. The van der Waals surface area contributed by atoms with E-state index in [4.69, 9.17) is 0 Å². The predicted molar refractivity (Wildman–Crippen MR) is 93.5 cm³/mol.